The van der Waals surface area contributed by atoms with Gasteiger partial charge >= 0.3 is 11.9 Å². The van der Waals surface area contributed by atoms with E-state index in [4.69, 9.17) is 14.9 Å². The highest BCUT2D eigenvalue weighted by molar-refractivity contribution is 9.10. The van der Waals surface area contributed by atoms with Crippen LogP contribution < -0.4 is 0 Å². The van der Waals surface area contributed by atoms with Gasteiger partial charge in [0.25, 0.3) is 0 Å². The number of carbonyl (C=O) groups is 2. The molecule has 8 nitrogen and oxygen atoms in total. The van der Waals surface area contributed by atoms with Gasteiger partial charge in [-0.1, -0.05) is 88.7 Å². The van der Waals surface area contributed by atoms with Crippen molar-refractivity contribution in [2.24, 2.45) is 0 Å². The first kappa shape index (κ1) is 32.2. The second-order valence-corrected chi connectivity index (χ2v) is 10.5. The van der Waals surface area contributed by atoms with E-state index in [1.165, 1.54) is 11.1 Å². The third-order valence-electron chi connectivity index (χ3n) is 6.70. The number of carboxylic acids is 2. The van der Waals surface area contributed by atoms with Crippen molar-refractivity contribution < 1.29 is 29.6 Å². The minimum absolute atomic E-state index is 0.0335. The molecule has 9 heteroatoms. The van der Waals surface area contributed by atoms with Crippen LogP contribution in [0.4, 0.5) is 0 Å². The Morgan fingerprint density at radius 3 is 1.66 bits per heavy atom. The number of aliphatic hydroxyl groups excluding tert-OH is 1. The summed E-state index contributed by atoms with van der Waals surface area (Å²) in [6, 6.07) is 28.9. The van der Waals surface area contributed by atoms with Crippen molar-refractivity contribution in [2.45, 2.75) is 18.6 Å². The van der Waals surface area contributed by atoms with Gasteiger partial charge in [-0.05, 0) is 35.2 Å². The third kappa shape index (κ3) is 12.0. The monoisotopic (exact) mass is 624 g/mol. The third-order valence-corrected chi connectivity index (χ3v) is 7.23. The van der Waals surface area contributed by atoms with E-state index >= 15 is 0 Å². The summed E-state index contributed by atoms with van der Waals surface area (Å²) in [5.41, 5.74) is 3.37. The number of nitrogens with zero attached hydrogens (tertiary/aromatic N) is 2. The van der Waals surface area contributed by atoms with Crippen LogP contribution in [0.1, 0.15) is 35.3 Å². The summed E-state index contributed by atoms with van der Waals surface area (Å²) in [6.07, 6.45) is 1.44. The molecule has 3 aromatic carbocycles. The van der Waals surface area contributed by atoms with E-state index in [9.17, 15) is 14.7 Å². The van der Waals surface area contributed by atoms with Gasteiger partial charge in [-0.3, -0.25) is 4.90 Å². The fraction of sp³-hybridized carbons (Fsp3) is 0.312. The summed E-state index contributed by atoms with van der Waals surface area (Å²) in [6.45, 7) is 6.72. The van der Waals surface area contributed by atoms with E-state index in [-0.39, 0.29) is 6.10 Å². The average Bonchev–Trinajstić information content (AvgIpc) is 2.99. The number of halogens is 1. The van der Waals surface area contributed by atoms with Crippen molar-refractivity contribution in [3.63, 3.8) is 0 Å². The molecule has 0 amide bonds. The molecule has 41 heavy (non-hydrogen) atoms. The molecule has 1 heterocycles. The summed E-state index contributed by atoms with van der Waals surface area (Å²) in [5.74, 6) is -2.51. The van der Waals surface area contributed by atoms with Crippen molar-refractivity contribution in [3.8, 4) is 0 Å². The van der Waals surface area contributed by atoms with Crippen LogP contribution in [-0.2, 0) is 14.3 Å². The van der Waals surface area contributed by atoms with Crippen molar-refractivity contribution in [3.05, 3.63) is 118 Å². The zero-order valence-corrected chi connectivity index (χ0v) is 24.5. The van der Waals surface area contributed by atoms with Crippen LogP contribution in [0, 0.1) is 0 Å². The van der Waals surface area contributed by atoms with E-state index in [1.54, 1.807) is 0 Å². The zero-order valence-electron chi connectivity index (χ0n) is 22.9. The number of aliphatic hydroxyl groups is 1. The van der Waals surface area contributed by atoms with Crippen molar-refractivity contribution in [2.75, 3.05) is 45.9 Å². The molecule has 0 radical (unpaired) electrons. The van der Waals surface area contributed by atoms with Crippen molar-refractivity contribution >= 4 is 27.9 Å². The molecule has 0 aromatic heterocycles. The molecular weight excluding hydrogens is 588 g/mol. The molecule has 1 unspecified atom stereocenters. The first-order valence-corrected chi connectivity index (χ1v) is 14.3. The molecule has 4 rings (SSSR count). The van der Waals surface area contributed by atoms with Gasteiger partial charge in [-0.2, -0.15) is 0 Å². The van der Waals surface area contributed by atoms with Gasteiger partial charge in [0.2, 0.25) is 0 Å². The number of piperazine rings is 1. The highest BCUT2D eigenvalue weighted by atomic mass is 79.9. The molecule has 0 saturated carbocycles. The standard InChI is InChI=1S/C28H33BrN2O2.C4H4O4/c29-26-13-11-23(12-14-26)27(32)15-16-30-17-19-31(20-18-30)21-22-33-28(24-7-3-1-4-8-24)25-9-5-2-6-10-25;5-3(6)1-2-4(7)8/h1-14,27-28,32H,15-22H2;1-2H,(H,5,6)(H,7,8)/b;2-1-. The zero-order chi connectivity index (χ0) is 29.5. The molecule has 1 aliphatic heterocycles. The van der Waals surface area contributed by atoms with Gasteiger partial charge in [0.15, 0.2) is 0 Å². The number of hydrogen-bond donors (Lipinski definition) is 3. The normalized spacial score (nSPS) is 14.9. The summed E-state index contributed by atoms with van der Waals surface area (Å²) < 4.78 is 7.43. The van der Waals surface area contributed by atoms with Crippen molar-refractivity contribution in [1.82, 2.24) is 9.80 Å². The molecule has 1 aliphatic rings. The van der Waals surface area contributed by atoms with Crippen LogP contribution in [0.2, 0.25) is 0 Å². The van der Waals surface area contributed by atoms with Gasteiger partial charge in [0.05, 0.1) is 12.7 Å². The minimum atomic E-state index is -1.26. The van der Waals surface area contributed by atoms with Gasteiger partial charge < -0.3 is 25.0 Å². The quantitative estimate of drug-likeness (QED) is 0.241. The Bertz CT molecular complexity index is 1160. The molecule has 3 N–H and O–H groups in total. The van der Waals surface area contributed by atoms with Crippen LogP contribution in [0.5, 0.6) is 0 Å². The first-order chi connectivity index (χ1) is 19.8. The molecule has 0 aliphatic carbocycles. The Labute approximate surface area is 249 Å². The largest absolute Gasteiger partial charge is 0.478 e. The van der Waals surface area contributed by atoms with Gasteiger partial charge in [0, 0.05) is 55.9 Å². The van der Waals surface area contributed by atoms with E-state index in [0.717, 1.165) is 55.7 Å². The lowest BCUT2D eigenvalue weighted by Crippen LogP contribution is -2.47. The van der Waals surface area contributed by atoms with E-state index in [0.29, 0.717) is 18.8 Å². The molecule has 0 spiro atoms. The van der Waals surface area contributed by atoms with Gasteiger partial charge in [-0.25, -0.2) is 9.59 Å². The molecule has 0 bridgehead atoms. The Balaban J connectivity index is 0.000000507. The van der Waals surface area contributed by atoms with Crippen LogP contribution in [-0.4, -0.2) is 82.9 Å². The Morgan fingerprint density at radius 1 is 0.732 bits per heavy atom. The number of carboxylic acid groups (broad SMARTS) is 2. The van der Waals surface area contributed by atoms with Crippen LogP contribution in [0.3, 0.4) is 0 Å². The summed E-state index contributed by atoms with van der Waals surface area (Å²) >= 11 is 3.45. The molecule has 1 fully saturated rings. The number of hydrogen-bond acceptors (Lipinski definition) is 6. The van der Waals surface area contributed by atoms with Crippen molar-refractivity contribution in [1.29, 1.82) is 0 Å². The summed E-state index contributed by atoms with van der Waals surface area (Å²) in [4.78, 5) is 24.0. The number of aliphatic carboxylic acids is 2. The van der Waals surface area contributed by atoms with Gasteiger partial charge in [0.1, 0.15) is 6.10 Å². The van der Waals surface area contributed by atoms with Crippen LogP contribution in [0.25, 0.3) is 0 Å². The fourth-order valence-electron chi connectivity index (χ4n) is 4.48. The predicted molar refractivity (Wildman–Crippen MR) is 162 cm³/mol. The number of rotatable bonds is 12. The Kier molecular flexibility index (Phi) is 13.7. The molecule has 218 valence electrons. The number of ether oxygens (including phenoxy) is 1. The lowest BCUT2D eigenvalue weighted by molar-refractivity contribution is -0.134. The lowest BCUT2D eigenvalue weighted by atomic mass is 10.0. The highest BCUT2D eigenvalue weighted by Crippen LogP contribution is 2.26. The maximum Gasteiger partial charge on any atom is 0.328 e. The smallest absolute Gasteiger partial charge is 0.328 e. The maximum absolute atomic E-state index is 10.5. The summed E-state index contributed by atoms with van der Waals surface area (Å²) in [7, 11) is 0. The Morgan fingerprint density at radius 2 is 1.20 bits per heavy atom. The van der Waals surface area contributed by atoms with E-state index in [2.05, 4.69) is 74.3 Å². The summed E-state index contributed by atoms with van der Waals surface area (Å²) in [5, 5.41) is 26.1. The molecular formula is C32H37BrN2O6. The minimum Gasteiger partial charge on any atom is -0.478 e. The lowest BCUT2D eigenvalue weighted by Gasteiger charge is -2.35. The second kappa shape index (κ2) is 17.5. The SMILES string of the molecule is O=C(O)/C=C\C(=O)O.OC(CCN1CCN(CCOC(c2ccccc2)c2ccccc2)CC1)c1ccc(Br)cc1. The van der Waals surface area contributed by atoms with Crippen LogP contribution >= 0.6 is 15.9 Å². The fourth-order valence-corrected chi connectivity index (χ4v) is 4.74. The Hall–Kier alpha value is -3.34. The van der Waals surface area contributed by atoms with Gasteiger partial charge in [-0.15, -0.1) is 0 Å². The molecule has 3 aromatic rings. The topological polar surface area (TPSA) is 111 Å². The van der Waals surface area contributed by atoms with E-state index < -0.39 is 18.0 Å². The highest BCUT2D eigenvalue weighted by Gasteiger charge is 2.19. The molecule has 1 saturated heterocycles. The van der Waals surface area contributed by atoms with E-state index in [1.807, 2.05) is 36.4 Å². The first-order valence-electron chi connectivity index (χ1n) is 13.6. The predicted octanol–water partition coefficient (Wildman–Crippen LogP) is 5.01. The van der Waals surface area contributed by atoms with Crippen LogP contribution in [0.15, 0.2) is 102 Å². The average molecular weight is 626 g/mol. The second-order valence-electron chi connectivity index (χ2n) is 9.62. The molecule has 1 atom stereocenters. The maximum atomic E-state index is 10.5. The number of benzene rings is 3.